The molecule has 0 aliphatic rings. The smallest absolute Gasteiger partial charge is 0.0533 e. The molecule has 0 aliphatic heterocycles. The van der Waals surface area contributed by atoms with Crippen LogP contribution in [0, 0.1) is 0 Å². The molecular formula is C24H54. The third-order valence-corrected chi connectivity index (χ3v) is 4.37. The summed E-state index contributed by atoms with van der Waals surface area (Å²) in [6.07, 6.45) is 25.5. The van der Waals surface area contributed by atoms with Crippen LogP contribution in [0.15, 0.2) is 0 Å². The topological polar surface area (TPSA) is 0 Å². The van der Waals surface area contributed by atoms with Crippen molar-refractivity contribution in [1.29, 1.82) is 0 Å². The summed E-state index contributed by atoms with van der Waals surface area (Å²) >= 11 is 0. The quantitative estimate of drug-likeness (QED) is 0.260. The second-order valence-electron chi connectivity index (χ2n) is 7.24. The molecule has 0 nitrogen and oxygen atoms in total. The van der Waals surface area contributed by atoms with Gasteiger partial charge in [-0.2, -0.15) is 0 Å². The molecule has 0 N–H and O–H groups in total. The van der Waals surface area contributed by atoms with Crippen molar-refractivity contribution in [3.63, 3.8) is 0 Å². The van der Waals surface area contributed by atoms with Crippen LogP contribution < -0.4 is 0 Å². The average molecular weight is 343 g/mol. The predicted octanol–water partition coefficient (Wildman–Crippen LogP) is 10.1. The number of rotatable bonds is 15. The van der Waals surface area contributed by atoms with Gasteiger partial charge < -0.3 is 0 Å². The fourth-order valence-electron chi connectivity index (χ4n) is 2.56. The molecule has 0 spiro atoms. The zero-order valence-corrected chi connectivity index (χ0v) is 18.7. The van der Waals surface area contributed by atoms with Gasteiger partial charge in [0.05, 0.1) is 0 Å². The summed E-state index contributed by atoms with van der Waals surface area (Å²) in [6.45, 7) is 13.5. The van der Waals surface area contributed by atoms with E-state index in [1.165, 1.54) is 116 Å². The highest BCUT2D eigenvalue weighted by Gasteiger charge is 1.87. The average Bonchev–Trinajstić information content (AvgIpc) is 2.61. The Morgan fingerprint density at radius 1 is 0.208 bits per heavy atom. The van der Waals surface area contributed by atoms with Crippen LogP contribution in [0.2, 0.25) is 0 Å². The van der Waals surface area contributed by atoms with Crippen LogP contribution in [-0.2, 0) is 0 Å². The second-order valence-corrected chi connectivity index (χ2v) is 7.24. The molecule has 0 heterocycles. The van der Waals surface area contributed by atoms with E-state index in [9.17, 15) is 0 Å². The third-order valence-electron chi connectivity index (χ3n) is 4.37. The summed E-state index contributed by atoms with van der Waals surface area (Å²) in [6, 6.07) is 0. The van der Waals surface area contributed by atoms with Crippen molar-refractivity contribution in [3.05, 3.63) is 0 Å². The van der Waals surface area contributed by atoms with Gasteiger partial charge in [0.15, 0.2) is 0 Å². The largest absolute Gasteiger partial charge is 0.0654 e. The zero-order chi connectivity index (χ0) is 18.7. The van der Waals surface area contributed by atoms with E-state index in [4.69, 9.17) is 0 Å². The Labute approximate surface area is 157 Å². The molecule has 0 saturated heterocycles. The first kappa shape index (κ1) is 28.8. The molecule has 0 aliphatic carbocycles. The number of hydrogen-bond donors (Lipinski definition) is 0. The van der Waals surface area contributed by atoms with Crippen molar-refractivity contribution >= 4 is 0 Å². The van der Waals surface area contributed by atoms with E-state index in [1.807, 2.05) is 0 Å². The maximum absolute atomic E-state index is 2.27. The van der Waals surface area contributed by atoms with Gasteiger partial charge >= 0.3 is 0 Å². The van der Waals surface area contributed by atoms with E-state index in [1.54, 1.807) is 0 Å². The van der Waals surface area contributed by atoms with E-state index in [0.29, 0.717) is 0 Å². The van der Waals surface area contributed by atoms with E-state index >= 15 is 0 Å². The SMILES string of the molecule is CCCCCC.CCCCCCCC.CCCCCCCCCC. The lowest BCUT2D eigenvalue weighted by Gasteiger charge is -1.97. The Kier molecular flexibility index (Phi) is 41.2. The zero-order valence-electron chi connectivity index (χ0n) is 18.7. The summed E-state index contributed by atoms with van der Waals surface area (Å²) in [7, 11) is 0. The van der Waals surface area contributed by atoms with Crippen molar-refractivity contribution in [1.82, 2.24) is 0 Å². The Balaban J connectivity index is -0.000000285. The summed E-state index contributed by atoms with van der Waals surface area (Å²) in [5.41, 5.74) is 0. The van der Waals surface area contributed by atoms with Crippen molar-refractivity contribution in [2.45, 2.75) is 157 Å². The van der Waals surface area contributed by atoms with Gasteiger partial charge in [-0.25, -0.2) is 0 Å². The van der Waals surface area contributed by atoms with Crippen LogP contribution in [0.3, 0.4) is 0 Å². The minimum absolute atomic E-state index is 1.36. The minimum Gasteiger partial charge on any atom is -0.0654 e. The molecule has 0 fully saturated rings. The van der Waals surface area contributed by atoms with Crippen molar-refractivity contribution < 1.29 is 0 Å². The lowest BCUT2D eigenvalue weighted by atomic mass is 10.1. The Morgan fingerprint density at radius 2 is 0.333 bits per heavy atom. The summed E-state index contributed by atoms with van der Waals surface area (Å²) in [5.74, 6) is 0. The van der Waals surface area contributed by atoms with Crippen LogP contribution in [0.5, 0.6) is 0 Å². The van der Waals surface area contributed by atoms with Gasteiger partial charge in [0, 0.05) is 0 Å². The Bertz CT molecular complexity index is 132. The first-order chi connectivity index (χ1) is 11.7. The molecule has 0 atom stereocenters. The predicted molar refractivity (Wildman–Crippen MR) is 117 cm³/mol. The van der Waals surface area contributed by atoms with Gasteiger partial charge in [-0.15, -0.1) is 0 Å². The van der Waals surface area contributed by atoms with Gasteiger partial charge in [-0.1, -0.05) is 157 Å². The maximum atomic E-state index is 2.27. The Hall–Kier alpha value is 0. The molecule has 0 aromatic rings. The van der Waals surface area contributed by atoms with Crippen LogP contribution in [0.25, 0.3) is 0 Å². The molecule has 0 unspecified atom stereocenters. The molecule has 0 rings (SSSR count). The van der Waals surface area contributed by atoms with E-state index < -0.39 is 0 Å². The van der Waals surface area contributed by atoms with E-state index in [-0.39, 0.29) is 0 Å². The highest BCUT2D eigenvalue weighted by Crippen LogP contribution is 2.07. The van der Waals surface area contributed by atoms with Gasteiger partial charge in [-0.05, 0) is 0 Å². The normalized spacial score (nSPS) is 9.75. The second kappa shape index (κ2) is 34.4. The summed E-state index contributed by atoms with van der Waals surface area (Å²) in [5, 5.41) is 0. The molecule has 0 aromatic carbocycles. The molecule has 0 amide bonds. The van der Waals surface area contributed by atoms with Crippen molar-refractivity contribution in [3.8, 4) is 0 Å². The van der Waals surface area contributed by atoms with Crippen LogP contribution in [0.4, 0.5) is 0 Å². The van der Waals surface area contributed by atoms with E-state index in [2.05, 4.69) is 41.5 Å². The monoisotopic (exact) mass is 342 g/mol. The van der Waals surface area contributed by atoms with E-state index in [0.717, 1.165) is 0 Å². The highest BCUT2D eigenvalue weighted by atomic mass is 13.9. The third kappa shape index (κ3) is 43.1. The van der Waals surface area contributed by atoms with Crippen molar-refractivity contribution in [2.75, 3.05) is 0 Å². The molecule has 0 heteroatoms. The standard InChI is InChI=1S/C10H22.C8H18.C6H14/c1-3-5-7-9-10-8-6-4-2;1-3-5-7-8-6-4-2;1-3-5-6-4-2/h3-10H2,1-2H3;3-8H2,1-2H3;3-6H2,1-2H3. The fourth-order valence-corrected chi connectivity index (χ4v) is 2.56. The molecule has 0 bridgehead atoms. The van der Waals surface area contributed by atoms with Crippen molar-refractivity contribution in [2.24, 2.45) is 0 Å². The molecule has 0 radical (unpaired) electrons. The Morgan fingerprint density at radius 3 is 0.500 bits per heavy atom. The fraction of sp³-hybridized carbons (Fsp3) is 1.00. The number of unbranched alkanes of at least 4 members (excludes halogenated alkanes) is 15. The lowest BCUT2D eigenvalue weighted by molar-refractivity contribution is 0.585. The molecule has 150 valence electrons. The van der Waals surface area contributed by atoms with Crippen LogP contribution in [-0.4, -0.2) is 0 Å². The molecule has 0 saturated carbocycles. The van der Waals surface area contributed by atoms with Gasteiger partial charge in [0.2, 0.25) is 0 Å². The maximum Gasteiger partial charge on any atom is -0.0533 e. The first-order valence-electron chi connectivity index (χ1n) is 11.7. The van der Waals surface area contributed by atoms with Gasteiger partial charge in [0.25, 0.3) is 0 Å². The summed E-state index contributed by atoms with van der Waals surface area (Å²) in [4.78, 5) is 0. The summed E-state index contributed by atoms with van der Waals surface area (Å²) < 4.78 is 0. The highest BCUT2D eigenvalue weighted by molar-refractivity contribution is 4.43. The number of hydrogen-bond acceptors (Lipinski definition) is 0. The van der Waals surface area contributed by atoms with Gasteiger partial charge in [-0.3, -0.25) is 0 Å². The van der Waals surface area contributed by atoms with Gasteiger partial charge in [0.1, 0.15) is 0 Å². The molecular weight excluding hydrogens is 288 g/mol. The van der Waals surface area contributed by atoms with Crippen LogP contribution >= 0.6 is 0 Å². The first-order valence-corrected chi connectivity index (χ1v) is 11.7. The van der Waals surface area contributed by atoms with Crippen LogP contribution in [0.1, 0.15) is 157 Å². The minimum atomic E-state index is 1.36. The lowest BCUT2D eigenvalue weighted by Crippen LogP contribution is -1.77. The molecule has 0 aromatic heterocycles. The molecule has 24 heavy (non-hydrogen) atoms.